The minimum Gasteiger partial charge on any atom is -0.387 e. The first-order valence-corrected chi connectivity index (χ1v) is 7.93. The van der Waals surface area contributed by atoms with E-state index in [1.54, 1.807) is 24.8 Å². The monoisotopic (exact) mass is 334 g/mol. The SMILES string of the molecule is CCn1cc(Br)cc1C(=O)NCC(C)(O)CSC. The lowest BCUT2D eigenvalue weighted by Crippen LogP contribution is -2.42. The van der Waals surface area contributed by atoms with E-state index >= 15 is 0 Å². The second kappa shape index (κ2) is 6.63. The van der Waals surface area contributed by atoms with Gasteiger partial charge in [0.05, 0.1) is 5.60 Å². The van der Waals surface area contributed by atoms with E-state index in [9.17, 15) is 9.90 Å². The largest absolute Gasteiger partial charge is 0.387 e. The highest BCUT2D eigenvalue weighted by molar-refractivity contribution is 9.10. The molecule has 0 spiro atoms. The molecule has 1 atom stereocenters. The molecule has 0 aliphatic carbocycles. The highest BCUT2D eigenvalue weighted by Crippen LogP contribution is 2.15. The molecular formula is C12H19BrN2O2S. The van der Waals surface area contributed by atoms with Crippen LogP contribution in [0.4, 0.5) is 0 Å². The maximum atomic E-state index is 12.0. The molecule has 1 rings (SSSR count). The van der Waals surface area contributed by atoms with Crippen molar-refractivity contribution in [3.05, 3.63) is 22.4 Å². The highest BCUT2D eigenvalue weighted by Gasteiger charge is 2.21. The maximum absolute atomic E-state index is 12.0. The van der Waals surface area contributed by atoms with Crippen LogP contribution < -0.4 is 5.32 Å². The second-order valence-electron chi connectivity index (χ2n) is 4.44. The number of aliphatic hydroxyl groups is 1. The molecule has 0 aliphatic heterocycles. The number of rotatable bonds is 6. The minimum atomic E-state index is -0.879. The van der Waals surface area contributed by atoms with Gasteiger partial charge in [-0.2, -0.15) is 11.8 Å². The van der Waals surface area contributed by atoms with Crippen molar-refractivity contribution in [3.63, 3.8) is 0 Å². The van der Waals surface area contributed by atoms with Crippen molar-refractivity contribution in [2.75, 3.05) is 18.6 Å². The molecule has 0 saturated carbocycles. The van der Waals surface area contributed by atoms with E-state index in [-0.39, 0.29) is 12.5 Å². The first-order chi connectivity index (χ1) is 8.39. The third-order valence-electron chi connectivity index (χ3n) is 2.52. The van der Waals surface area contributed by atoms with Crippen molar-refractivity contribution >= 4 is 33.6 Å². The number of carbonyl (C=O) groups is 1. The van der Waals surface area contributed by atoms with Gasteiger partial charge in [-0.3, -0.25) is 4.79 Å². The Morgan fingerprint density at radius 3 is 2.89 bits per heavy atom. The molecule has 1 amide bonds. The molecule has 1 heterocycles. The van der Waals surface area contributed by atoms with Crippen LogP contribution >= 0.6 is 27.7 Å². The number of thioether (sulfide) groups is 1. The number of nitrogens with one attached hydrogen (secondary N) is 1. The van der Waals surface area contributed by atoms with Gasteiger partial charge < -0.3 is 15.0 Å². The van der Waals surface area contributed by atoms with E-state index in [0.717, 1.165) is 11.0 Å². The first kappa shape index (κ1) is 15.6. The van der Waals surface area contributed by atoms with Crippen LogP contribution in [-0.4, -0.2) is 39.7 Å². The van der Waals surface area contributed by atoms with Crippen molar-refractivity contribution in [3.8, 4) is 0 Å². The number of nitrogens with zero attached hydrogens (tertiary/aromatic N) is 1. The van der Waals surface area contributed by atoms with Gasteiger partial charge in [-0.15, -0.1) is 0 Å². The van der Waals surface area contributed by atoms with Crippen molar-refractivity contribution in [2.45, 2.75) is 26.0 Å². The number of halogens is 1. The summed E-state index contributed by atoms with van der Waals surface area (Å²) in [5, 5.41) is 12.8. The summed E-state index contributed by atoms with van der Waals surface area (Å²) in [6, 6.07) is 1.78. The Hall–Kier alpha value is -0.460. The minimum absolute atomic E-state index is 0.163. The van der Waals surface area contributed by atoms with Gasteiger partial charge in [-0.05, 0) is 42.1 Å². The summed E-state index contributed by atoms with van der Waals surface area (Å²) in [6.07, 6.45) is 3.80. The third-order valence-corrected chi connectivity index (χ3v) is 3.87. The highest BCUT2D eigenvalue weighted by atomic mass is 79.9. The van der Waals surface area contributed by atoms with Crippen LogP contribution in [0.15, 0.2) is 16.7 Å². The predicted octanol–water partition coefficient (Wildman–Crippen LogP) is 2.11. The molecule has 0 saturated heterocycles. The number of aromatic nitrogens is 1. The fourth-order valence-electron chi connectivity index (χ4n) is 1.65. The van der Waals surface area contributed by atoms with E-state index < -0.39 is 5.60 Å². The molecule has 0 radical (unpaired) electrons. The Morgan fingerprint density at radius 1 is 1.67 bits per heavy atom. The van der Waals surface area contributed by atoms with Gasteiger partial charge in [0, 0.05) is 29.5 Å². The van der Waals surface area contributed by atoms with Crippen molar-refractivity contribution < 1.29 is 9.90 Å². The molecule has 4 nitrogen and oxygen atoms in total. The zero-order chi connectivity index (χ0) is 13.8. The maximum Gasteiger partial charge on any atom is 0.268 e. The lowest BCUT2D eigenvalue weighted by atomic mass is 10.1. The number of hydrogen-bond acceptors (Lipinski definition) is 3. The van der Waals surface area contributed by atoms with Gasteiger partial charge in [-0.1, -0.05) is 0 Å². The predicted molar refractivity (Wildman–Crippen MR) is 79.1 cm³/mol. The van der Waals surface area contributed by atoms with Crippen molar-refractivity contribution in [2.24, 2.45) is 0 Å². The molecule has 2 N–H and O–H groups in total. The average Bonchev–Trinajstić information content (AvgIpc) is 2.67. The summed E-state index contributed by atoms with van der Waals surface area (Å²) < 4.78 is 2.74. The molecule has 1 unspecified atom stereocenters. The zero-order valence-corrected chi connectivity index (χ0v) is 13.3. The van der Waals surface area contributed by atoms with Gasteiger partial charge in [0.15, 0.2) is 0 Å². The van der Waals surface area contributed by atoms with Gasteiger partial charge in [0.25, 0.3) is 5.91 Å². The third kappa shape index (κ3) is 4.33. The van der Waals surface area contributed by atoms with Crippen LogP contribution in [0.3, 0.4) is 0 Å². The summed E-state index contributed by atoms with van der Waals surface area (Å²) >= 11 is 4.91. The fourth-order valence-corrected chi connectivity index (χ4v) is 2.84. The second-order valence-corrected chi connectivity index (χ2v) is 6.22. The van der Waals surface area contributed by atoms with E-state index in [1.165, 1.54) is 0 Å². The van der Waals surface area contributed by atoms with Crippen LogP contribution in [-0.2, 0) is 6.54 Å². The number of carbonyl (C=O) groups excluding carboxylic acids is 1. The number of aryl methyl sites for hydroxylation is 1. The molecule has 1 aromatic heterocycles. The topological polar surface area (TPSA) is 54.3 Å². The standard InChI is InChI=1S/C12H19BrN2O2S/c1-4-15-6-9(13)5-10(15)11(16)14-7-12(2,17)8-18-3/h5-6,17H,4,7-8H2,1-3H3,(H,14,16). The molecule has 102 valence electrons. The zero-order valence-electron chi connectivity index (χ0n) is 10.9. The van der Waals surface area contributed by atoms with Gasteiger partial charge in [0.1, 0.15) is 5.69 Å². The Bertz CT molecular complexity index is 418. The quantitative estimate of drug-likeness (QED) is 0.837. The van der Waals surface area contributed by atoms with E-state index in [4.69, 9.17) is 0 Å². The Balaban J connectivity index is 2.65. The normalized spacial score (nSPS) is 14.3. The van der Waals surface area contributed by atoms with Crippen LogP contribution in [0.2, 0.25) is 0 Å². The van der Waals surface area contributed by atoms with Gasteiger partial charge >= 0.3 is 0 Å². The summed E-state index contributed by atoms with van der Waals surface area (Å²) in [5.74, 6) is 0.426. The van der Waals surface area contributed by atoms with Crippen LogP contribution in [0.1, 0.15) is 24.3 Å². The lowest BCUT2D eigenvalue weighted by molar-refractivity contribution is 0.0720. The van der Waals surface area contributed by atoms with Crippen LogP contribution in [0.5, 0.6) is 0 Å². The molecule has 0 aromatic carbocycles. The smallest absolute Gasteiger partial charge is 0.268 e. The van der Waals surface area contributed by atoms with Crippen molar-refractivity contribution in [1.29, 1.82) is 0 Å². The van der Waals surface area contributed by atoms with E-state index in [0.29, 0.717) is 11.4 Å². The number of amides is 1. The summed E-state index contributed by atoms with van der Waals surface area (Å²) in [6.45, 7) is 4.68. The molecular weight excluding hydrogens is 316 g/mol. The molecule has 0 aliphatic rings. The molecule has 0 bridgehead atoms. The Labute approximate surface area is 120 Å². The van der Waals surface area contributed by atoms with Gasteiger partial charge in [-0.25, -0.2) is 0 Å². The average molecular weight is 335 g/mol. The molecule has 18 heavy (non-hydrogen) atoms. The van der Waals surface area contributed by atoms with Gasteiger partial charge in [0.2, 0.25) is 0 Å². The fraction of sp³-hybridized carbons (Fsp3) is 0.583. The van der Waals surface area contributed by atoms with E-state index in [1.807, 2.05) is 23.9 Å². The summed E-state index contributed by atoms with van der Waals surface area (Å²) in [5.41, 5.74) is -0.278. The van der Waals surface area contributed by atoms with Crippen molar-refractivity contribution in [1.82, 2.24) is 9.88 Å². The molecule has 1 aromatic rings. The summed E-state index contributed by atoms with van der Waals surface area (Å²) in [7, 11) is 0. The van der Waals surface area contributed by atoms with E-state index in [2.05, 4.69) is 21.2 Å². The first-order valence-electron chi connectivity index (χ1n) is 5.75. The Morgan fingerprint density at radius 2 is 2.33 bits per heavy atom. The molecule has 6 heteroatoms. The van der Waals surface area contributed by atoms with Crippen LogP contribution in [0.25, 0.3) is 0 Å². The number of hydrogen-bond donors (Lipinski definition) is 2. The Kier molecular flexibility index (Phi) is 5.75. The lowest BCUT2D eigenvalue weighted by Gasteiger charge is -2.22. The molecule has 0 fully saturated rings. The van der Waals surface area contributed by atoms with Crippen LogP contribution in [0, 0.1) is 0 Å². The summed E-state index contributed by atoms with van der Waals surface area (Å²) in [4.78, 5) is 12.0.